The van der Waals surface area contributed by atoms with Gasteiger partial charge in [-0.1, -0.05) is 35.9 Å². The average Bonchev–Trinajstić information content (AvgIpc) is 2.58. The molecule has 5 heteroatoms. The molecule has 2 aromatic rings. The minimum Gasteiger partial charge on any atom is -0.346 e. The molecule has 2 amide bonds. The van der Waals surface area contributed by atoms with Crippen molar-refractivity contribution in [3.63, 3.8) is 0 Å². The zero-order valence-corrected chi connectivity index (χ0v) is 15.9. The third-order valence-electron chi connectivity index (χ3n) is 3.87. The standard InChI is InChI=1S/C20H24N2O2S/c1-13-8-10-17(11-9-13)25-16(4)20(24)21-12-18(23)22-19-14(2)6-5-7-15(19)3/h5-11,16H,12H2,1-4H3,(H,21,24)(H,22,23). The molecule has 0 aliphatic rings. The van der Waals surface area contributed by atoms with Crippen molar-refractivity contribution in [1.82, 2.24) is 5.32 Å². The normalized spacial score (nSPS) is 11.7. The molecule has 2 N–H and O–H groups in total. The smallest absolute Gasteiger partial charge is 0.243 e. The van der Waals surface area contributed by atoms with Gasteiger partial charge in [0.2, 0.25) is 11.8 Å². The van der Waals surface area contributed by atoms with E-state index in [0.717, 1.165) is 21.7 Å². The van der Waals surface area contributed by atoms with Crippen LogP contribution in [0.5, 0.6) is 0 Å². The summed E-state index contributed by atoms with van der Waals surface area (Å²) < 4.78 is 0. The first-order chi connectivity index (χ1) is 11.9. The fourth-order valence-corrected chi connectivity index (χ4v) is 3.27. The second-order valence-electron chi connectivity index (χ2n) is 6.11. The number of rotatable bonds is 6. The monoisotopic (exact) mass is 356 g/mol. The van der Waals surface area contributed by atoms with Gasteiger partial charge >= 0.3 is 0 Å². The van der Waals surface area contributed by atoms with E-state index in [2.05, 4.69) is 10.6 Å². The molecule has 0 saturated carbocycles. The van der Waals surface area contributed by atoms with Crippen LogP contribution in [0.1, 0.15) is 23.6 Å². The van der Waals surface area contributed by atoms with Crippen LogP contribution in [0.2, 0.25) is 0 Å². The number of aryl methyl sites for hydroxylation is 3. The quantitative estimate of drug-likeness (QED) is 0.773. The first-order valence-electron chi connectivity index (χ1n) is 8.24. The maximum atomic E-state index is 12.2. The van der Waals surface area contributed by atoms with Gasteiger partial charge in [0.1, 0.15) is 0 Å². The molecule has 25 heavy (non-hydrogen) atoms. The van der Waals surface area contributed by atoms with Gasteiger partial charge in [-0.2, -0.15) is 0 Å². The lowest BCUT2D eigenvalue weighted by atomic mass is 10.1. The Bertz CT molecular complexity index is 737. The lowest BCUT2D eigenvalue weighted by Crippen LogP contribution is -2.37. The Morgan fingerprint density at radius 2 is 1.60 bits per heavy atom. The second-order valence-corrected chi connectivity index (χ2v) is 7.52. The fourth-order valence-electron chi connectivity index (χ4n) is 2.38. The number of hydrogen-bond acceptors (Lipinski definition) is 3. The van der Waals surface area contributed by atoms with E-state index in [1.807, 2.05) is 70.2 Å². The number of benzene rings is 2. The zero-order valence-electron chi connectivity index (χ0n) is 15.1. The summed E-state index contributed by atoms with van der Waals surface area (Å²) in [6.07, 6.45) is 0. The largest absolute Gasteiger partial charge is 0.346 e. The molecule has 0 aliphatic heterocycles. The van der Waals surface area contributed by atoms with E-state index in [0.29, 0.717) is 0 Å². The summed E-state index contributed by atoms with van der Waals surface area (Å²) >= 11 is 1.48. The molecule has 0 aliphatic carbocycles. The van der Waals surface area contributed by atoms with Gasteiger partial charge in [0.25, 0.3) is 0 Å². The Hall–Kier alpha value is -2.27. The minimum absolute atomic E-state index is 0.0363. The van der Waals surface area contributed by atoms with Gasteiger partial charge < -0.3 is 10.6 Å². The summed E-state index contributed by atoms with van der Waals surface area (Å²) in [7, 11) is 0. The summed E-state index contributed by atoms with van der Waals surface area (Å²) in [6, 6.07) is 13.9. The number of nitrogens with one attached hydrogen (secondary N) is 2. The van der Waals surface area contributed by atoms with Crippen molar-refractivity contribution in [3.05, 3.63) is 59.2 Å². The fraction of sp³-hybridized carbons (Fsp3) is 0.300. The van der Waals surface area contributed by atoms with Gasteiger partial charge in [0.05, 0.1) is 11.8 Å². The molecule has 1 atom stereocenters. The second kappa shape index (κ2) is 8.72. The van der Waals surface area contributed by atoms with Crippen molar-refractivity contribution in [2.24, 2.45) is 0 Å². The number of carbonyl (C=O) groups excluding carboxylic acids is 2. The van der Waals surface area contributed by atoms with Crippen molar-refractivity contribution in [3.8, 4) is 0 Å². The summed E-state index contributed by atoms with van der Waals surface area (Å²) in [5, 5.41) is 5.30. The topological polar surface area (TPSA) is 58.2 Å². The van der Waals surface area contributed by atoms with Gasteiger partial charge in [0.15, 0.2) is 0 Å². The predicted octanol–water partition coefficient (Wildman–Crippen LogP) is 3.85. The van der Waals surface area contributed by atoms with Crippen molar-refractivity contribution in [1.29, 1.82) is 0 Å². The van der Waals surface area contributed by atoms with Crippen LogP contribution in [0.4, 0.5) is 5.69 Å². The third-order valence-corrected chi connectivity index (χ3v) is 4.98. The first-order valence-corrected chi connectivity index (χ1v) is 9.12. The highest BCUT2D eigenvalue weighted by Crippen LogP contribution is 2.23. The van der Waals surface area contributed by atoms with E-state index in [1.54, 1.807) is 0 Å². The molecular formula is C20H24N2O2S. The Labute approximate surface area is 153 Å². The maximum Gasteiger partial charge on any atom is 0.243 e. The molecule has 2 aromatic carbocycles. The van der Waals surface area contributed by atoms with Crippen LogP contribution >= 0.6 is 11.8 Å². The Morgan fingerprint density at radius 3 is 2.20 bits per heavy atom. The molecule has 4 nitrogen and oxygen atoms in total. The number of amides is 2. The maximum absolute atomic E-state index is 12.2. The van der Waals surface area contributed by atoms with E-state index in [-0.39, 0.29) is 23.6 Å². The summed E-state index contributed by atoms with van der Waals surface area (Å²) in [4.78, 5) is 25.3. The molecule has 0 heterocycles. The van der Waals surface area contributed by atoms with Crippen molar-refractivity contribution in [2.75, 3.05) is 11.9 Å². The molecule has 1 unspecified atom stereocenters. The minimum atomic E-state index is -0.268. The number of carbonyl (C=O) groups is 2. The Balaban J connectivity index is 1.84. The zero-order chi connectivity index (χ0) is 18.4. The third kappa shape index (κ3) is 5.64. The molecule has 132 valence electrons. The van der Waals surface area contributed by atoms with Crippen LogP contribution in [0.3, 0.4) is 0 Å². The highest BCUT2D eigenvalue weighted by molar-refractivity contribution is 8.00. The number of hydrogen-bond donors (Lipinski definition) is 2. The summed E-state index contributed by atoms with van der Waals surface area (Å²) in [5.74, 6) is -0.375. The van der Waals surface area contributed by atoms with Crippen molar-refractivity contribution < 1.29 is 9.59 Å². The number of para-hydroxylation sites is 1. The van der Waals surface area contributed by atoms with Crippen molar-refractivity contribution >= 4 is 29.3 Å². The Morgan fingerprint density at radius 1 is 1.00 bits per heavy atom. The van der Waals surface area contributed by atoms with Crippen LogP contribution in [0.25, 0.3) is 0 Å². The molecule has 0 bridgehead atoms. The van der Waals surface area contributed by atoms with Gasteiger partial charge in [-0.25, -0.2) is 0 Å². The predicted molar refractivity (Wildman–Crippen MR) is 104 cm³/mol. The number of anilines is 1. The molecule has 0 fully saturated rings. The van der Waals surface area contributed by atoms with E-state index in [4.69, 9.17) is 0 Å². The highest BCUT2D eigenvalue weighted by Gasteiger charge is 2.15. The van der Waals surface area contributed by atoms with E-state index in [9.17, 15) is 9.59 Å². The van der Waals surface area contributed by atoms with Gasteiger partial charge in [-0.05, 0) is 51.0 Å². The number of thioether (sulfide) groups is 1. The van der Waals surface area contributed by atoms with Gasteiger partial charge in [-0.15, -0.1) is 11.8 Å². The average molecular weight is 356 g/mol. The summed E-state index contributed by atoms with van der Waals surface area (Å²) in [5.41, 5.74) is 4.00. The van der Waals surface area contributed by atoms with Crippen LogP contribution in [-0.2, 0) is 9.59 Å². The summed E-state index contributed by atoms with van der Waals surface area (Å²) in [6.45, 7) is 7.72. The molecule has 0 aromatic heterocycles. The van der Waals surface area contributed by atoms with Crippen LogP contribution in [-0.4, -0.2) is 23.6 Å². The van der Waals surface area contributed by atoms with Crippen LogP contribution in [0.15, 0.2) is 47.4 Å². The van der Waals surface area contributed by atoms with Crippen LogP contribution < -0.4 is 10.6 Å². The lowest BCUT2D eigenvalue weighted by Gasteiger charge is -2.14. The lowest BCUT2D eigenvalue weighted by molar-refractivity contribution is -0.123. The van der Waals surface area contributed by atoms with E-state index >= 15 is 0 Å². The van der Waals surface area contributed by atoms with Crippen LogP contribution in [0, 0.1) is 20.8 Å². The van der Waals surface area contributed by atoms with Crippen molar-refractivity contribution in [2.45, 2.75) is 37.8 Å². The Kier molecular flexibility index (Phi) is 6.65. The van der Waals surface area contributed by atoms with Gasteiger partial charge in [0, 0.05) is 10.6 Å². The molecule has 2 rings (SSSR count). The first kappa shape index (κ1) is 19.1. The van der Waals surface area contributed by atoms with E-state index < -0.39 is 0 Å². The van der Waals surface area contributed by atoms with E-state index in [1.165, 1.54) is 17.3 Å². The molecule has 0 radical (unpaired) electrons. The molecule has 0 spiro atoms. The van der Waals surface area contributed by atoms with Gasteiger partial charge in [-0.3, -0.25) is 9.59 Å². The highest BCUT2D eigenvalue weighted by atomic mass is 32.2. The SMILES string of the molecule is Cc1ccc(SC(C)C(=O)NCC(=O)Nc2c(C)cccc2C)cc1. The molecule has 0 saturated heterocycles. The molecular weight excluding hydrogens is 332 g/mol.